The first-order chi connectivity index (χ1) is 20.0. The van der Waals surface area contributed by atoms with Crippen LogP contribution < -0.4 is 21.7 Å². The Morgan fingerprint density at radius 2 is 1.90 bits per heavy atom. The van der Waals surface area contributed by atoms with Gasteiger partial charge in [0.05, 0.1) is 32.0 Å². The molecule has 2 spiro atoms. The average Bonchev–Trinajstić information content (AvgIpc) is 3.41. The van der Waals surface area contributed by atoms with Crippen LogP contribution in [0.25, 0.3) is 0 Å². The van der Waals surface area contributed by atoms with Crippen LogP contribution in [0.4, 0.5) is 18.9 Å². The number of halogens is 5. The first-order valence-electron chi connectivity index (χ1n) is 13.5. The molecule has 14 heteroatoms. The lowest BCUT2D eigenvalue weighted by Crippen LogP contribution is -2.70. The molecule has 42 heavy (non-hydrogen) atoms. The quantitative estimate of drug-likeness (QED) is 0.364. The molecule has 6 rings (SSSR count). The topological polar surface area (TPSA) is 135 Å². The molecule has 2 aromatic rings. The second-order valence-electron chi connectivity index (χ2n) is 11.8. The Morgan fingerprint density at radius 3 is 2.55 bits per heavy atom. The lowest BCUT2D eigenvalue weighted by atomic mass is 9.46. The van der Waals surface area contributed by atoms with Gasteiger partial charge in [0.25, 0.3) is 0 Å². The van der Waals surface area contributed by atoms with Crippen LogP contribution in [0.15, 0.2) is 30.5 Å². The van der Waals surface area contributed by atoms with Gasteiger partial charge >= 0.3 is 0 Å². The molecule has 4 aliphatic rings. The number of aromatic nitrogens is 1. The third-order valence-corrected chi connectivity index (χ3v) is 9.85. The molecule has 1 saturated carbocycles. The molecule has 9 nitrogen and oxygen atoms in total. The number of benzene rings is 1. The van der Waals surface area contributed by atoms with E-state index < -0.39 is 82.5 Å². The van der Waals surface area contributed by atoms with Crippen LogP contribution in [0.3, 0.4) is 0 Å². The number of nitrogens with zero attached hydrogens (tertiary/aromatic N) is 1. The Kier molecular flexibility index (Phi) is 7.19. The van der Waals surface area contributed by atoms with Crippen LogP contribution in [0.1, 0.15) is 42.7 Å². The number of carbonyl (C=O) groups is 3. The molecule has 0 bridgehead atoms. The van der Waals surface area contributed by atoms with Crippen LogP contribution in [0.2, 0.25) is 10.2 Å². The van der Waals surface area contributed by atoms with E-state index in [1.54, 1.807) is 18.2 Å². The van der Waals surface area contributed by atoms with Crippen molar-refractivity contribution in [2.45, 2.75) is 60.7 Å². The maximum atomic E-state index is 15.8. The maximum absolute atomic E-state index is 15.8. The highest BCUT2D eigenvalue weighted by Gasteiger charge is 2.78. The third-order valence-electron chi connectivity index (χ3n) is 9.35. The summed E-state index contributed by atoms with van der Waals surface area (Å²) in [5.41, 5.74) is 1.69. The van der Waals surface area contributed by atoms with Crippen molar-refractivity contribution in [3.8, 4) is 0 Å². The van der Waals surface area contributed by atoms with Crippen LogP contribution in [-0.4, -0.2) is 66.4 Å². The number of hydrogen-bond acceptors (Lipinski definition) is 6. The van der Waals surface area contributed by atoms with Crippen molar-refractivity contribution in [1.82, 2.24) is 15.6 Å². The monoisotopic (exact) mass is 625 g/mol. The molecule has 0 radical (unpaired) electrons. The number of amides is 3. The van der Waals surface area contributed by atoms with Crippen LogP contribution >= 0.6 is 23.2 Å². The molecule has 5 atom stereocenters. The summed E-state index contributed by atoms with van der Waals surface area (Å²) in [6.45, 7) is -1.94. The predicted molar refractivity (Wildman–Crippen MR) is 147 cm³/mol. The van der Waals surface area contributed by atoms with Gasteiger partial charge in [0.15, 0.2) is 11.0 Å². The number of primary amides is 1. The predicted octanol–water partition coefficient (Wildman–Crippen LogP) is 3.08. The van der Waals surface area contributed by atoms with Crippen molar-refractivity contribution in [1.29, 1.82) is 0 Å². The van der Waals surface area contributed by atoms with Crippen LogP contribution in [0.5, 0.6) is 0 Å². The number of pyridine rings is 1. The number of hydrogen-bond donors (Lipinski definition) is 4. The Bertz CT molecular complexity index is 1460. The van der Waals surface area contributed by atoms with Gasteiger partial charge in [0.2, 0.25) is 17.7 Å². The lowest BCUT2D eigenvalue weighted by molar-refractivity contribution is -0.134. The fourth-order valence-electron chi connectivity index (χ4n) is 7.65. The van der Waals surface area contributed by atoms with E-state index in [-0.39, 0.29) is 31.4 Å². The molecule has 2 saturated heterocycles. The van der Waals surface area contributed by atoms with Crippen LogP contribution in [-0.2, 0) is 24.5 Å². The molecular weight excluding hydrogens is 598 g/mol. The van der Waals surface area contributed by atoms with E-state index in [1.165, 1.54) is 12.3 Å². The van der Waals surface area contributed by atoms with Crippen molar-refractivity contribution in [2.75, 3.05) is 25.3 Å². The Labute approximate surface area is 249 Å². The minimum atomic E-state index is -1.67. The van der Waals surface area contributed by atoms with E-state index in [0.29, 0.717) is 22.7 Å². The summed E-state index contributed by atoms with van der Waals surface area (Å²) in [5, 5.41) is 8.87. The maximum Gasteiger partial charge on any atom is 0.246 e. The van der Waals surface area contributed by atoms with Gasteiger partial charge in [0.1, 0.15) is 11.5 Å². The van der Waals surface area contributed by atoms with Crippen molar-refractivity contribution in [3.05, 3.63) is 57.6 Å². The van der Waals surface area contributed by atoms with Gasteiger partial charge in [-0.2, -0.15) is 0 Å². The normalized spacial score (nSPS) is 30.5. The largest absolute Gasteiger partial charge is 0.367 e. The number of nitrogens with one attached hydrogen (secondary N) is 3. The summed E-state index contributed by atoms with van der Waals surface area (Å²) >= 11 is 12.3. The number of fused-ring (bicyclic) bond motifs is 3. The van der Waals surface area contributed by atoms with E-state index in [9.17, 15) is 23.2 Å². The zero-order valence-corrected chi connectivity index (χ0v) is 23.7. The highest BCUT2D eigenvalue weighted by atomic mass is 35.5. The molecule has 3 fully saturated rings. The number of rotatable bonds is 6. The van der Waals surface area contributed by atoms with Gasteiger partial charge in [-0.05, 0) is 55.0 Å². The number of anilines is 1. The number of nitrogens with two attached hydrogens (primary N) is 1. The molecular formula is C28H28Cl2F3N5O4. The standard InChI is InChI=1S/C28H28Cl2F3N5O4/c29-13-1-3-16-17(7-13)37-25(41)28(16)19(15-5-6-35-22(30)20(15)33)21(38-27(28)9-26(10-27,11-31)12-32)24(40)36-14-2-4-18(23(34)39)42-8-14/h1,3,5-7,14,18-19,21,38H,2,4,8-12H2,(H2,34,39)(H,36,40)(H,37,41)/t14-,18+,19?,21?,28?/m1/s1. The van der Waals surface area contributed by atoms with Gasteiger partial charge in [-0.25, -0.2) is 9.37 Å². The summed E-state index contributed by atoms with van der Waals surface area (Å²) < 4.78 is 49.8. The van der Waals surface area contributed by atoms with Crippen molar-refractivity contribution >= 4 is 46.6 Å². The number of alkyl halides is 2. The Morgan fingerprint density at radius 1 is 1.17 bits per heavy atom. The molecule has 3 unspecified atom stereocenters. The SMILES string of the molecule is NC(=O)[C@@H]1CC[C@@H](NC(=O)C2NC3(CC(CF)(CF)C3)C3(C(=O)Nc4cc(Cl)ccc43)C2c2ccnc(Cl)c2F)CO1. The van der Waals surface area contributed by atoms with E-state index in [0.717, 1.165) is 0 Å². The summed E-state index contributed by atoms with van der Waals surface area (Å²) in [6, 6.07) is 4.35. The molecule has 3 amide bonds. The highest BCUT2D eigenvalue weighted by Crippen LogP contribution is 2.68. The Hall–Kier alpha value is -2.93. The van der Waals surface area contributed by atoms with Gasteiger partial charge in [0, 0.05) is 33.8 Å². The first kappa shape index (κ1) is 29.2. The van der Waals surface area contributed by atoms with Crippen LogP contribution in [0, 0.1) is 11.2 Å². The Balaban J connectivity index is 1.49. The zero-order chi connectivity index (χ0) is 30.0. The zero-order valence-electron chi connectivity index (χ0n) is 22.2. The van der Waals surface area contributed by atoms with Crippen molar-refractivity contribution in [3.63, 3.8) is 0 Å². The van der Waals surface area contributed by atoms with E-state index >= 15 is 4.39 Å². The summed E-state index contributed by atoms with van der Waals surface area (Å²) in [7, 11) is 0. The van der Waals surface area contributed by atoms with Crippen molar-refractivity contribution < 1.29 is 32.3 Å². The van der Waals surface area contributed by atoms with E-state index in [2.05, 4.69) is 20.9 Å². The van der Waals surface area contributed by atoms with E-state index in [1.807, 2.05) is 0 Å². The molecule has 1 aromatic heterocycles. The number of ether oxygens (including phenoxy) is 1. The smallest absolute Gasteiger partial charge is 0.246 e. The van der Waals surface area contributed by atoms with E-state index in [4.69, 9.17) is 33.7 Å². The van der Waals surface area contributed by atoms with Crippen molar-refractivity contribution in [2.24, 2.45) is 11.1 Å². The minimum Gasteiger partial charge on any atom is -0.367 e. The molecule has 4 heterocycles. The average molecular weight is 626 g/mol. The van der Waals surface area contributed by atoms with Gasteiger partial charge in [-0.3, -0.25) is 28.5 Å². The second kappa shape index (κ2) is 10.4. The fourth-order valence-corrected chi connectivity index (χ4v) is 7.99. The second-order valence-corrected chi connectivity index (χ2v) is 12.6. The van der Waals surface area contributed by atoms with Gasteiger partial charge < -0.3 is 21.1 Å². The molecule has 1 aliphatic carbocycles. The summed E-state index contributed by atoms with van der Waals surface area (Å²) in [4.78, 5) is 43.6. The minimum absolute atomic E-state index is 0.0110. The van der Waals surface area contributed by atoms with Gasteiger partial charge in [-0.15, -0.1) is 0 Å². The summed E-state index contributed by atoms with van der Waals surface area (Å²) in [6.07, 6.45) is 0.918. The molecule has 1 aromatic carbocycles. The third kappa shape index (κ3) is 4.13. The molecule has 224 valence electrons. The first-order valence-corrected chi connectivity index (χ1v) is 14.3. The highest BCUT2D eigenvalue weighted by molar-refractivity contribution is 6.31. The number of carbonyl (C=O) groups excluding carboxylic acids is 3. The molecule has 3 aliphatic heterocycles. The lowest BCUT2D eigenvalue weighted by Gasteiger charge is -2.59. The van der Waals surface area contributed by atoms with Gasteiger partial charge in [-0.1, -0.05) is 29.3 Å². The fraction of sp³-hybridized carbons (Fsp3) is 0.500. The summed E-state index contributed by atoms with van der Waals surface area (Å²) in [5.74, 6) is -3.87. The molecule has 5 N–H and O–H groups in total.